The molecule has 0 radical (unpaired) electrons. The summed E-state index contributed by atoms with van der Waals surface area (Å²) in [6.07, 6.45) is 0. The molecule has 1 aromatic heterocycles. The van der Waals surface area contributed by atoms with E-state index in [-0.39, 0.29) is 0 Å². The molecule has 2 aromatic carbocycles. The number of fused-ring (bicyclic) bond motifs is 3. The molecular formula is C19H19N. The summed E-state index contributed by atoms with van der Waals surface area (Å²) in [5.41, 5.74) is 3.48. The summed E-state index contributed by atoms with van der Waals surface area (Å²) in [5.74, 6) is 0. The van der Waals surface area contributed by atoms with Gasteiger partial charge in [0.05, 0.1) is 0 Å². The first-order valence-corrected chi connectivity index (χ1v) is 6.79. The summed E-state index contributed by atoms with van der Waals surface area (Å²) in [6, 6.07) is 6.40. The van der Waals surface area contributed by atoms with Gasteiger partial charge in [-0.15, -0.1) is 0 Å². The largest absolute Gasteiger partial charge is 0.362 e. The van der Waals surface area contributed by atoms with Gasteiger partial charge in [0.1, 0.15) is 0 Å². The van der Waals surface area contributed by atoms with Crippen molar-refractivity contribution in [3.05, 3.63) is 50.8 Å². The minimum Gasteiger partial charge on any atom is -0.362 e. The first kappa shape index (κ1) is 12.7. The summed E-state index contributed by atoms with van der Waals surface area (Å²) in [6.45, 7) is 19.0. The van der Waals surface area contributed by atoms with Crippen molar-refractivity contribution in [3.63, 3.8) is 0 Å². The highest BCUT2D eigenvalue weighted by Crippen LogP contribution is 2.23. The van der Waals surface area contributed by atoms with E-state index in [1.807, 2.05) is 0 Å². The fraction of sp³-hybridized carbons (Fsp3) is 0.158. The van der Waals surface area contributed by atoms with Crippen LogP contribution in [-0.4, -0.2) is 4.98 Å². The number of pyridine rings is 1. The van der Waals surface area contributed by atoms with Gasteiger partial charge in [-0.1, -0.05) is 25.8 Å². The molecule has 1 heteroatoms. The second-order valence-corrected chi connectivity index (χ2v) is 5.66. The average Bonchev–Trinajstić information content (AvgIpc) is 2.54. The molecule has 100 valence electrons. The molecule has 0 atom stereocenters. The Morgan fingerprint density at radius 1 is 0.800 bits per heavy atom. The minimum absolute atomic E-state index is 1.00. The Morgan fingerprint density at radius 3 is 2.20 bits per heavy atom. The van der Waals surface area contributed by atoms with Crippen LogP contribution < -0.4 is 15.7 Å². The van der Waals surface area contributed by atoms with Crippen molar-refractivity contribution in [1.29, 1.82) is 0 Å². The zero-order valence-corrected chi connectivity index (χ0v) is 12.4. The molecule has 1 N–H and O–H groups in total. The van der Waals surface area contributed by atoms with Crippen LogP contribution in [0.3, 0.4) is 0 Å². The molecule has 0 bridgehead atoms. The zero-order chi connectivity index (χ0) is 14.6. The maximum absolute atomic E-state index is 4.29. The van der Waals surface area contributed by atoms with E-state index in [0.717, 1.165) is 32.4 Å². The highest BCUT2D eigenvalue weighted by Gasteiger charge is 2.10. The van der Waals surface area contributed by atoms with Crippen LogP contribution in [0.1, 0.15) is 17.0 Å². The number of aromatic amines is 1. The minimum atomic E-state index is 1.00. The summed E-state index contributed by atoms with van der Waals surface area (Å²) in [5, 5.41) is 7.95. The van der Waals surface area contributed by atoms with E-state index in [2.05, 4.69) is 63.7 Å². The van der Waals surface area contributed by atoms with E-state index in [1.54, 1.807) is 0 Å². The summed E-state index contributed by atoms with van der Waals surface area (Å²) < 4.78 is 0. The van der Waals surface area contributed by atoms with Crippen LogP contribution in [0.15, 0.2) is 18.2 Å². The number of aryl methyl sites for hydroxylation is 3. The number of aromatic nitrogens is 1. The second-order valence-electron chi connectivity index (χ2n) is 5.66. The molecule has 0 spiro atoms. The molecule has 0 saturated heterocycles. The Kier molecular flexibility index (Phi) is 2.62. The quantitative estimate of drug-likeness (QED) is 0.640. The highest BCUT2D eigenvalue weighted by atomic mass is 14.7. The van der Waals surface area contributed by atoms with Gasteiger partial charge < -0.3 is 4.98 Å². The standard InChI is InChI=1S/C19H19N/c1-10-7-11(2)13(4)19-16(8-10)14(5)18-15(6)20-12(3)9-17(18)19/h7-9,20H,1,4-5H2,2-3,6H3. The predicted molar refractivity (Wildman–Crippen MR) is 89.9 cm³/mol. The van der Waals surface area contributed by atoms with Gasteiger partial charge in [0.15, 0.2) is 0 Å². The first-order chi connectivity index (χ1) is 9.40. The molecule has 0 aliphatic heterocycles. The van der Waals surface area contributed by atoms with E-state index in [4.69, 9.17) is 0 Å². The number of hydrogen-bond donors (Lipinski definition) is 1. The Hall–Kier alpha value is -2.28. The summed E-state index contributed by atoms with van der Waals surface area (Å²) >= 11 is 0. The van der Waals surface area contributed by atoms with Crippen LogP contribution in [0.2, 0.25) is 0 Å². The van der Waals surface area contributed by atoms with E-state index in [1.165, 1.54) is 21.7 Å². The van der Waals surface area contributed by atoms with Crippen molar-refractivity contribution in [2.24, 2.45) is 0 Å². The molecule has 20 heavy (non-hydrogen) atoms. The van der Waals surface area contributed by atoms with Crippen LogP contribution >= 0.6 is 0 Å². The van der Waals surface area contributed by atoms with E-state index >= 15 is 0 Å². The highest BCUT2D eigenvalue weighted by molar-refractivity contribution is 6.13. The predicted octanol–water partition coefficient (Wildman–Crippen LogP) is 2.76. The molecule has 3 rings (SSSR count). The van der Waals surface area contributed by atoms with Crippen molar-refractivity contribution in [3.8, 4) is 0 Å². The molecule has 1 heterocycles. The van der Waals surface area contributed by atoms with Crippen LogP contribution in [0.5, 0.6) is 0 Å². The molecule has 0 unspecified atom stereocenters. The molecule has 0 fully saturated rings. The monoisotopic (exact) mass is 261 g/mol. The first-order valence-electron chi connectivity index (χ1n) is 6.79. The normalized spacial score (nSPS) is 11.3. The average molecular weight is 261 g/mol. The topological polar surface area (TPSA) is 15.8 Å². The zero-order valence-electron chi connectivity index (χ0n) is 12.4. The molecule has 0 amide bonds. The van der Waals surface area contributed by atoms with Crippen LogP contribution in [0.25, 0.3) is 41.3 Å². The Labute approximate surface area is 118 Å². The maximum Gasteiger partial charge on any atom is 0.0202 e. The summed E-state index contributed by atoms with van der Waals surface area (Å²) in [4.78, 5) is 3.40. The smallest absolute Gasteiger partial charge is 0.0202 e. The number of rotatable bonds is 0. The van der Waals surface area contributed by atoms with E-state index in [0.29, 0.717) is 0 Å². The fourth-order valence-electron chi connectivity index (χ4n) is 3.18. The lowest BCUT2D eigenvalue weighted by Gasteiger charge is -2.01. The Bertz CT molecular complexity index is 1020. The van der Waals surface area contributed by atoms with Crippen molar-refractivity contribution in [2.75, 3.05) is 0 Å². The number of H-pyrrole nitrogens is 1. The molecule has 1 nitrogen and oxygen atoms in total. The SMILES string of the molecule is C=c1cc(C)c(=C)c2c(c1)c(=C)c1c(C)[nH]c(C)cc12. The third kappa shape index (κ3) is 1.63. The lowest BCUT2D eigenvalue weighted by Crippen LogP contribution is -2.02. The molecule has 0 aliphatic carbocycles. The lowest BCUT2D eigenvalue weighted by molar-refractivity contribution is 1.15. The van der Waals surface area contributed by atoms with Crippen molar-refractivity contribution < 1.29 is 0 Å². The third-order valence-corrected chi connectivity index (χ3v) is 4.06. The van der Waals surface area contributed by atoms with E-state index in [9.17, 15) is 0 Å². The molecule has 3 aromatic rings. The lowest BCUT2D eigenvalue weighted by atomic mass is 10.1. The number of hydrogen-bond acceptors (Lipinski definition) is 0. The van der Waals surface area contributed by atoms with Gasteiger partial charge in [-0.3, -0.25) is 0 Å². The van der Waals surface area contributed by atoms with Gasteiger partial charge in [0.25, 0.3) is 0 Å². The Balaban J connectivity index is 2.85. The molecular weight excluding hydrogens is 242 g/mol. The molecule has 0 aliphatic rings. The Morgan fingerprint density at radius 2 is 1.50 bits per heavy atom. The number of nitrogens with one attached hydrogen (secondary N) is 1. The fourth-order valence-corrected chi connectivity index (χ4v) is 3.18. The van der Waals surface area contributed by atoms with Gasteiger partial charge in [-0.2, -0.15) is 0 Å². The second kappa shape index (κ2) is 4.11. The van der Waals surface area contributed by atoms with Crippen LogP contribution in [-0.2, 0) is 0 Å². The van der Waals surface area contributed by atoms with Gasteiger partial charge in [0.2, 0.25) is 0 Å². The third-order valence-electron chi connectivity index (χ3n) is 4.06. The van der Waals surface area contributed by atoms with Crippen molar-refractivity contribution in [1.82, 2.24) is 4.98 Å². The summed E-state index contributed by atoms with van der Waals surface area (Å²) in [7, 11) is 0. The van der Waals surface area contributed by atoms with Gasteiger partial charge in [-0.25, -0.2) is 0 Å². The van der Waals surface area contributed by atoms with Gasteiger partial charge in [0, 0.05) is 16.8 Å². The van der Waals surface area contributed by atoms with Gasteiger partial charge >= 0.3 is 0 Å². The van der Waals surface area contributed by atoms with Crippen molar-refractivity contribution in [2.45, 2.75) is 20.8 Å². The van der Waals surface area contributed by atoms with Gasteiger partial charge in [-0.05, 0) is 70.3 Å². The maximum atomic E-state index is 4.29. The van der Waals surface area contributed by atoms with Crippen LogP contribution in [0.4, 0.5) is 0 Å². The van der Waals surface area contributed by atoms with E-state index < -0.39 is 0 Å². The van der Waals surface area contributed by atoms with Crippen LogP contribution in [0, 0.1) is 20.8 Å². The molecule has 0 saturated carbocycles. The van der Waals surface area contributed by atoms with Crippen molar-refractivity contribution >= 4 is 41.3 Å².